The van der Waals surface area contributed by atoms with E-state index in [4.69, 9.17) is 0 Å². The zero-order valence-electron chi connectivity index (χ0n) is 12.2. The molecule has 0 radical (unpaired) electrons. The van der Waals surface area contributed by atoms with Crippen molar-refractivity contribution in [3.63, 3.8) is 0 Å². The molecule has 1 heterocycles. The zero-order valence-corrected chi connectivity index (χ0v) is 13.0. The lowest BCUT2D eigenvalue weighted by Gasteiger charge is -2.24. The number of alkyl halides is 3. The van der Waals surface area contributed by atoms with Gasteiger partial charge in [-0.25, -0.2) is 0 Å². The number of amides is 1. The predicted molar refractivity (Wildman–Crippen MR) is 80.9 cm³/mol. The molecule has 3 nitrogen and oxygen atoms in total. The summed E-state index contributed by atoms with van der Waals surface area (Å²) in [7, 11) is 1.82. The number of rotatable bonds is 4. The van der Waals surface area contributed by atoms with Crippen LogP contribution >= 0.6 is 11.8 Å². The first-order chi connectivity index (χ1) is 10.3. The average Bonchev–Trinajstić information content (AvgIpc) is 2.76. The second-order valence-corrected chi connectivity index (χ2v) is 6.28. The smallest absolute Gasteiger partial charge is 0.365 e. The number of carbonyl (C=O) groups excluding carboxylic acids is 1. The zero-order chi connectivity index (χ0) is 16.3. The molecule has 120 valence electrons. The van der Waals surface area contributed by atoms with Crippen LogP contribution in [0.1, 0.15) is 24.9 Å². The van der Waals surface area contributed by atoms with E-state index in [2.05, 4.69) is 5.32 Å². The molecular formula is C15H17F3N2OS. The highest BCUT2D eigenvalue weighted by molar-refractivity contribution is 8.02. The maximum atomic E-state index is 13.2. The largest absolute Gasteiger partial charge is 0.412 e. The van der Waals surface area contributed by atoms with Crippen molar-refractivity contribution in [1.82, 2.24) is 10.2 Å². The molecule has 2 atom stereocenters. The van der Waals surface area contributed by atoms with Gasteiger partial charge in [0.2, 0.25) is 5.91 Å². The number of nitrogens with one attached hydrogen (secondary N) is 1. The third-order valence-corrected chi connectivity index (χ3v) is 4.62. The van der Waals surface area contributed by atoms with E-state index >= 15 is 0 Å². The van der Waals surface area contributed by atoms with Crippen LogP contribution in [0.25, 0.3) is 0 Å². The summed E-state index contributed by atoms with van der Waals surface area (Å²) in [6.45, 7) is 1.97. The van der Waals surface area contributed by atoms with Gasteiger partial charge in [0.05, 0.1) is 11.8 Å². The molecule has 2 unspecified atom stereocenters. The Kier molecular flexibility index (Phi) is 5.05. The summed E-state index contributed by atoms with van der Waals surface area (Å²) in [5, 5.41) is 4.10. The first-order valence-electron chi connectivity index (χ1n) is 6.77. The lowest BCUT2D eigenvalue weighted by molar-refractivity contribution is -0.163. The number of benzene rings is 1. The van der Waals surface area contributed by atoms with Crippen LogP contribution in [0.5, 0.6) is 0 Å². The molecule has 1 aromatic rings. The molecular weight excluding hydrogens is 313 g/mol. The molecule has 22 heavy (non-hydrogen) atoms. The summed E-state index contributed by atoms with van der Waals surface area (Å²) in [6, 6.07) is 5.40. The van der Waals surface area contributed by atoms with Gasteiger partial charge in [0.15, 0.2) is 6.04 Å². The van der Waals surface area contributed by atoms with Crippen LogP contribution in [-0.2, 0) is 4.79 Å². The van der Waals surface area contributed by atoms with E-state index in [9.17, 15) is 18.0 Å². The quantitative estimate of drug-likeness (QED) is 0.914. The van der Waals surface area contributed by atoms with Crippen molar-refractivity contribution >= 4 is 17.7 Å². The summed E-state index contributed by atoms with van der Waals surface area (Å²) in [5.41, 5.74) is 0.754. The highest BCUT2D eigenvalue weighted by Gasteiger charge is 2.41. The van der Waals surface area contributed by atoms with Crippen LogP contribution in [0.2, 0.25) is 0 Å². The second kappa shape index (κ2) is 6.64. The molecule has 1 amide bonds. The third kappa shape index (κ3) is 3.97. The number of halogens is 3. The van der Waals surface area contributed by atoms with Crippen LogP contribution < -0.4 is 5.32 Å². The molecule has 1 aliphatic rings. The summed E-state index contributed by atoms with van der Waals surface area (Å²) >= 11 is 1.54. The van der Waals surface area contributed by atoms with Gasteiger partial charge in [0.25, 0.3) is 0 Å². The Morgan fingerprint density at radius 3 is 2.50 bits per heavy atom. The summed E-state index contributed by atoms with van der Waals surface area (Å²) in [4.78, 5) is 13.9. The van der Waals surface area contributed by atoms with Gasteiger partial charge < -0.3 is 10.2 Å². The molecule has 0 spiro atoms. The molecule has 1 aromatic carbocycles. The maximum Gasteiger partial charge on any atom is 0.412 e. The fourth-order valence-electron chi connectivity index (χ4n) is 2.13. The minimum absolute atomic E-state index is 0.0276. The number of thioether (sulfide) groups is 1. The van der Waals surface area contributed by atoms with E-state index in [1.54, 1.807) is 6.07 Å². The van der Waals surface area contributed by atoms with E-state index < -0.39 is 18.1 Å². The van der Waals surface area contributed by atoms with Crippen molar-refractivity contribution in [2.24, 2.45) is 0 Å². The van der Waals surface area contributed by atoms with Crippen LogP contribution in [0.4, 0.5) is 13.2 Å². The Labute approximate surface area is 131 Å². The van der Waals surface area contributed by atoms with Crippen LogP contribution in [0.3, 0.4) is 0 Å². The highest BCUT2D eigenvalue weighted by atomic mass is 32.2. The van der Waals surface area contributed by atoms with E-state index in [0.29, 0.717) is 0 Å². The van der Waals surface area contributed by atoms with Gasteiger partial charge in [-0.05, 0) is 17.9 Å². The van der Waals surface area contributed by atoms with Gasteiger partial charge in [-0.3, -0.25) is 4.79 Å². The van der Waals surface area contributed by atoms with Gasteiger partial charge in [-0.1, -0.05) is 30.3 Å². The van der Waals surface area contributed by atoms with Crippen molar-refractivity contribution in [3.05, 3.63) is 47.0 Å². The Bertz CT molecular complexity index is 560. The number of hydrogen-bond donors (Lipinski definition) is 1. The van der Waals surface area contributed by atoms with E-state index in [1.807, 2.05) is 24.3 Å². The highest BCUT2D eigenvalue weighted by Crippen LogP contribution is 2.34. The standard InChI is InChI=1S/C15H17F3N2OS/c1-10-20(2)12(9-22-10)8-13(21)19-14(15(16,17)18)11-6-4-3-5-7-11/h3-7,9-10,14H,8H2,1-2H3,(H,19,21). The molecule has 0 aromatic heterocycles. The fraction of sp³-hybridized carbons (Fsp3) is 0.400. The Morgan fingerprint density at radius 1 is 1.36 bits per heavy atom. The molecule has 1 aliphatic heterocycles. The number of nitrogens with zero attached hydrogens (tertiary/aromatic N) is 1. The van der Waals surface area contributed by atoms with Gasteiger partial charge in [0.1, 0.15) is 0 Å². The Balaban J connectivity index is 2.07. The van der Waals surface area contributed by atoms with E-state index in [-0.39, 0.29) is 17.4 Å². The van der Waals surface area contributed by atoms with Gasteiger partial charge in [-0.15, -0.1) is 11.8 Å². The van der Waals surface area contributed by atoms with Crippen LogP contribution in [0.15, 0.2) is 41.4 Å². The van der Waals surface area contributed by atoms with Crippen molar-refractivity contribution in [3.8, 4) is 0 Å². The molecule has 0 saturated carbocycles. The van der Waals surface area contributed by atoms with E-state index in [1.165, 1.54) is 36.0 Å². The van der Waals surface area contributed by atoms with Crippen LogP contribution in [0, 0.1) is 0 Å². The van der Waals surface area contributed by atoms with Crippen molar-refractivity contribution < 1.29 is 18.0 Å². The Hall–Kier alpha value is -1.63. The summed E-state index contributed by atoms with van der Waals surface area (Å²) in [5.74, 6) is -0.640. The number of hydrogen-bond acceptors (Lipinski definition) is 3. The number of carbonyl (C=O) groups is 1. The topological polar surface area (TPSA) is 32.3 Å². The van der Waals surface area contributed by atoms with Crippen molar-refractivity contribution in [2.45, 2.75) is 30.9 Å². The average molecular weight is 330 g/mol. The lowest BCUT2D eigenvalue weighted by atomic mass is 10.1. The van der Waals surface area contributed by atoms with Crippen molar-refractivity contribution in [1.29, 1.82) is 0 Å². The van der Waals surface area contributed by atoms with Crippen molar-refractivity contribution in [2.75, 3.05) is 7.05 Å². The second-order valence-electron chi connectivity index (χ2n) is 5.09. The first kappa shape index (κ1) is 16.7. The van der Waals surface area contributed by atoms with Gasteiger partial charge >= 0.3 is 6.18 Å². The summed E-state index contributed by atoms with van der Waals surface area (Å²) in [6.07, 6.45) is -4.59. The summed E-state index contributed by atoms with van der Waals surface area (Å²) < 4.78 is 39.5. The lowest BCUT2D eigenvalue weighted by Crippen LogP contribution is -2.38. The molecule has 1 N–H and O–H groups in total. The monoisotopic (exact) mass is 330 g/mol. The van der Waals surface area contributed by atoms with Crippen LogP contribution in [-0.4, -0.2) is 29.4 Å². The maximum absolute atomic E-state index is 13.2. The SMILES string of the molecule is CC1SC=C(CC(=O)NC(c2ccccc2)C(F)(F)F)N1C. The molecule has 7 heteroatoms. The van der Waals surface area contributed by atoms with E-state index in [0.717, 1.165) is 5.70 Å². The molecule has 0 bridgehead atoms. The Morgan fingerprint density at radius 2 is 2.00 bits per heavy atom. The predicted octanol–water partition coefficient (Wildman–Crippen LogP) is 3.66. The third-order valence-electron chi connectivity index (χ3n) is 3.51. The fourth-order valence-corrected chi connectivity index (χ4v) is 3.05. The minimum Gasteiger partial charge on any atom is -0.365 e. The normalized spacial score (nSPS) is 19.8. The molecule has 0 aliphatic carbocycles. The van der Waals surface area contributed by atoms with Gasteiger partial charge in [0, 0.05) is 12.7 Å². The molecule has 0 fully saturated rings. The van der Waals surface area contributed by atoms with Gasteiger partial charge in [-0.2, -0.15) is 13.2 Å². The minimum atomic E-state index is -4.53. The first-order valence-corrected chi connectivity index (χ1v) is 7.71. The molecule has 0 saturated heterocycles. The molecule has 2 rings (SSSR count).